The number of carbonyl (C=O) groups excluding carboxylic acids is 1. The normalized spacial score (nSPS) is 8.12. The molecule has 0 saturated heterocycles. The van der Waals surface area contributed by atoms with Gasteiger partial charge in [0.05, 0.1) is 0 Å². The third kappa shape index (κ3) is 3.04. The van der Waals surface area contributed by atoms with Crippen LogP contribution in [0.4, 0.5) is 0 Å². The second kappa shape index (κ2) is 2.92. The molecule has 0 bridgehead atoms. The molecule has 0 aliphatic carbocycles. The van der Waals surface area contributed by atoms with E-state index in [-0.39, 0.29) is 0 Å². The van der Waals surface area contributed by atoms with Gasteiger partial charge >= 0.3 is 5.91 Å². The summed E-state index contributed by atoms with van der Waals surface area (Å²) in [6, 6.07) is 0. The molecular weight excluding hydrogens is 116 g/mol. The third-order valence-corrected chi connectivity index (χ3v) is 0.397. The quantitative estimate of drug-likeness (QED) is 0.271. The number of hydroxylamine groups is 1. The van der Waals surface area contributed by atoms with Crippen molar-refractivity contribution < 1.29 is 14.9 Å². The second-order valence-electron chi connectivity index (χ2n) is 1.03. The lowest BCUT2D eigenvalue weighted by Gasteiger charge is -1.87. The van der Waals surface area contributed by atoms with E-state index < -0.39 is 17.4 Å². The van der Waals surface area contributed by atoms with E-state index in [1.807, 2.05) is 0 Å². The largest absolute Gasteiger partial charge is 0.314 e. The molecule has 0 aliphatic rings. The van der Waals surface area contributed by atoms with Gasteiger partial charge in [0.15, 0.2) is 0 Å². The maximum absolute atomic E-state index is 9.82. The van der Waals surface area contributed by atoms with Gasteiger partial charge < -0.3 is 0 Å². The lowest BCUT2D eigenvalue weighted by atomic mass is 10.6. The van der Waals surface area contributed by atoms with Gasteiger partial charge in [-0.2, -0.15) is 0 Å². The number of hydrogen-bond donors (Lipinski definition) is 2. The molecule has 0 unspecified atom stereocenters. The van der Waals surface area contributed by atoms with E-state index in [1.54, 1.807) is 0 Å². The van der Waals surface area contributed by atoms with Crippen LogP contribution in [0.25, 0.3) is 0 Å². The molecule has 6 nitrogen and oxygen atoms in total. The second-order valence-corrected chi connectivity index (χ2v) is 1.03. The topological polar surface area (TPSA) is 92.5 Å². The molecule has 0 spiro atoms. The number of amides is 1. The summed E-state index contributed by atoms with van der Waals surface area (Å²) in [5.41, 5.74) is 1.12. The Kier molecular flexibility index (Phi) is 2.49. The summed E-state index contributed by atoms with van der Waals surface area (Å²) in [5, 5.41) is 17.1. The Labute approximate surface area is 44.2 Å². The van der Waals surface area contributed by atoms with Crippen LogP contribution >= 0.6 is 0 Å². The van der Waals surface area contributed by atoms with Gasteiger partial charge in [0.2, 0.25) is 0 Å². The highest BCUT2D eigenvalue weighted by Gasteiger charge is 2.05. The van der Waals surface area contributed by atoms with Gasteiger partial charge in [-0.05, 0) is 0 Å². The first kappa shape index (κ1) is 6.83. The number of carbonyl (C=O) groups is 1. The van der Waals surface area contributed by atoms with E-state index in [0.717, 1.165) is 5.48 Å². The van der Waals surface area contributed by atoms with Crippen molar-refractivity contribution in [2.45, 2.75) is 0 Å². The van der Waals surface area contributed by atoms with Crippen LogP contribution in [0.2, 0.25) is 0 Å². The van der Waals surface area contributed by atoms with E-state index in [2.05, 4.69) is 0 Å². The van der Waals surface area contributed by atoms with Crippen molar-refractivity contribution in [1.29, 1.82) is 0 Å². The Morgan fingerprint density at radius 3 is 2.50 bits per heavy atom. The van der Waals surface area contributed by atoms with Gasteiger partial charge in [0.25, 0.3) is 6.54 Å². The van der Waals surface area contributed by atoms with Gasteiger partial charge in [-0.3, -0.25) is 20.1 Å². The molecule has 46 valence electrons. The van der Waals surface area contributed by atoms with Gasteiger partial charge in [0.1, 0.15) is 0 Å². The first-order valence-corrected chi connectivity index (χ1v) is 1.71. The Hall–Kier alpha value is -1.17. The van der Waals surface area contributed by atoms with Crippen molar-refractivity contribution in [3.63, 3.8) is 0 Å². The summed E-state index contributed by atoms with van der Waals surface area (Å²) >= 11 is 0. The Morgan fingerprint density at radius 2 is 2.38 bits per heavy atom. The Bertz CT molecular complexity index is 111. The summed E-state index contributed by atoms with van der Waals surface area (Å²) in [7, 11) is 0. The summed E-state index contributed by atoms with van der Waals surface area (Å²) in [5.74, 6) is -1.02. The standard InChI is InChI=1S/C2H4N2O4/c5-2(3-6)1-4(7)8/h6H,1H2,(H,3,5). The van der Waals surface area contributed by atoms with Crippen LogP contribution in [0.15, 0.2) is 0 Å². The zero-order valence-electron chi connectivity index (χ0n) is 3.83. The van der Waals surface area contributed by atoms with Gasteiger partial charge in [-0.15, -0.1) is 0 Å². The van der Waals surface area contributed by atoms with Crippen molar-refractivity contribution in [2.75, 3.05) is 6.54 Å². The van der Waals surface area contributed by atoms with Crippen LogP contribution in [0.5, 0.6) is 0 Å². The number of nitrogens with one attached hydrogen (secondary N) is 1. The molecule has 1 amide bonds. The number of nitro groups is 1. The van der Waals surface area contributed by atoms with Crippen LogP contribution in [0.3, 0.4) is 0 Å². The molecule has 0 radical (unpaired) electrons. The molecule has 0 saturated carbocycles. The van der Waals surface area contributed by atoms with Crippen LogP contribution in [-0.2, 0) is 4.79 Å². The molecule has 2 N–H and O–H groups in total. The maximum atomic E-state index is 9.82. The van der Waals surface area contributed by atoms with E-state index in [0.29, 0.717) is 0 Å². The highest BCUT2D eigenvalue weighted by molar-refractivity contribution is 5.75. The van der Waals surface area contributed by atoms with Crippen LogP contribution in [0, 0.1) is 10.1 Å². The first-order valence-electron chi connectivity index (χ1n) is 1.71. The molecule has 0 heterocycles. The molecule has 0 rings (SSSR count). The molecular formula is C2H4N2O4. The van der Waals surface area contributed by atoms with Gasteiger partial charge in [0, 0.05) is 4.92 Å². The minimum absolute atomic E-state index is 0.842. The summed E-state index contributed by atoms with van der Waals surface area (Å²) < 4.78 is 0. The van der Waals surface area contributed by atoms with Crippen LogP contribution in [-0.4, -0.2) is 22.6 Å². The maximum Gasteiger partial charge on any atom is 0.314 e. The molecule has 0 atom stereocenters. The summed E-state index contributed by atoms with van der Waals surface area (Å²) in [6.07, 6.45) is 0. The summed E-state index contributed by atoms with van der Waals surface area (Å²) in [4.78, 5) is 18.4. The Balaban J connectivity index is 3.40. The third-order valence-electron chi connectivity index (χ3n) is 0.397. The average molecular weight is 120 g/mol. The fourth-order valence-electron chi connectivity index (χ4n) is 0.153. The van der Waals surface area contributed by atoms with E-state index in [9.17, 15) is 14.9 Å². The summed E-state index contributed by atoms with van der Waals surface area (Å²) in [6.45, 7) is -0.892. The predicted octanol–water partition coefficient (Wildman–Crippen LogP) is -1.23. The number of rotatable bonds is 2. The molecule has 0 aromatic heterocycles. The van der Waals surface area contributed by atoms with E-state index in [4.69, 9.17) is 5.21 Å². The highest BCUT2D eigenvalue weighted by atomic mass is 16.6. The monoisotopic (exact) mass is 120 g/mol. The van der Waals surface area contributed by atoms with E-state index >= 15 is 0 Å². The molecule has 8 heavy (non-hydrogen) atoms. The van der Waals surface area contributed by atoms with E-state index in [1.165, 1.54) is 0 Å². The van der Waals surface area contributed by atoms with Gasteiger partial charge in [-0.1, -0.05) is 0 Å². The molecule has 0 fully saturated rings. The first-order chi connectivity index (χ1) is 3.66. The Morgan fingerprint density at radius 1 is 1.88 bits per heavy atom. The zero-order chi connectivity index (χ0) is 6.57. The molecule has 6 heteroatoms. The SMILES string of the molecule is O=C(C[N+](=O)[O-])NO. The lowest BCUT2D eigenvalue weighted by Crippen LogP contribution is -2.26. The smallest absolute Gasteiger partial charge is 0.288 e. The number of nitrogens with zero attached hydrogens (tertiary/aromatic N) is 1. The van der Waals surface area contributed by atoms with Crippen molar-refractivity contribution in [1.82, 2.24) is 5.48 Å². The minimum atomic E-state index is -1.02. The highest BCUT2D eigenvalue weighted by Crippen LogP contribution is 1.65. The predicted molar refractivity (Wildman–Crippen MR) is 21.8 cm³/mol. The van der Waals surface area contributed by atoms with Crippen molar-refractivity contribution in [3.05, 3.63) is 10.1 Å². The van der Waals surface area contributed by atoms with Gasteiger partial charge in [-0.25, -0.2) is 5.48 Å². The molecule has 0 aromatic carbocycles. The van der Waals surface area contributed by atoms with Crippen molar-refractivity contribution in [3.8, 4) is 0 Å². The fraction of sp³-hybridized carbons (Fsp3) is 0.500. The fourth-order valence-corrected chi connectivity index (χ4v) is 0.153. The van der Waals surface area contributed by atoms with Crippen molar-refractivity contribution in [2.24, 2.45) is 0 Å². The lowest BCUT2D eigenvalue weighted by molar-refractivity contribution is -0.468. The zero-order valence-corrected chi connectivity index (χ0v) is 3.83. The minimum Gasteiger partial charge on any atom is -0.288 e. The number of hydrogen-bond acceptors (Lipinski definition) is 4. The van der Waals surface area contributed by atoms with Crippen LogP contribution < -0.4 is 5.48 Å². The molecule has 0 aromatic rings. The molecule has 0 aliphatic heterocycles. The van der Waals surface area contributed by atoms with Crippen LogP contribution in [0.1, 0.15) is 0 Å². The average Bonchev–Trinajstić information content (AvgIpc) is 1.65. The van der Waals surface area contributed by atoms with Crippen molar-refractivity contribution >= 4 is 5.91 Å².